The molecule has 0 spiro atoms. The predicted molar refractivity (Wildman–Crippen MR) is 48.5 cm³/mol. The molecule has 0 aliphatic rings. The molecular formula is C9H8F2N2O2. The summed E-state index contributed by atoms with van der Waals surface area (Å²) in [5.74, 6) is -1.47. The minimum absolute atomic E-state index is 0.0129. The Morgan fingerprint density at radius 3 is 3.00 bits per heavy atom. The quantitative estimate of drug-likeness (QED) is 0.793. The van der Waals surface area contributed by atoms with Gasteiger partial charge in [-0.1, -0.05) is 0 Å². The fraction of sp³-hybridized carbons (Fsp3) is 0.222. The Morgan fingerprint density at radius 1 is 1.47 bits per heavy atom. The zero-order valence-corrected chi connectivity index (χ0v) is 7.88. The molecule has 4 nitrogen and oxygen atoms in total. The lowest BCUT2D eigenvalue weighted by Crippen LogP contribution is -2.01. The van der Waals surface area contributed by atoms with Gasteiger partial charge in [-0.05, 0) is 0 Å². The molecule has 0 saturated heterocycles. The summed E-state index contributed by atoms with van der Waals surface area (Å²) in [5.41, 5.74) is -0.0129. The molecule has 1 aromatic heterocycles. The van der Waals surface area contributed by atoms with Crippen LogP contribution in [-0.2, 0) is 4.74 Å². The number of ether oxygens (including phenoxy) is 2. The summed E-state index contributed by atoms with van der Waals surface area (Å²) < 4.78 is 36.4. The number of H-pyrrole nitrogens is 1. The van der Waals surface area contributed by atoms with Crippen molar-refractivity contribution in [2.75, 3.05) is 13.9 Å². The molecule has 0 fully saturated rings. The van der Waals surface area contributed by atoms with Crippen molar-refractivity contribution in [3.63, 3.8) is 0 Å². The summed E-state index contributed by atoms with van der Waals surface area (Å²) in [6.45, 7) is -0.143. The molecule has 0 aliphatic carbocycles. The summed E-state index contributed by atoms with van der Waals surface area (Å²) in [7, 11) is 1.39. The van der Waals surface area contributed by atoms with Gasteiger partial charge in [0.25, 0.3) is 0 Å². The summed E-state index contributed by atoms with van der Waals surface area (Å²) in [6, 6.07) is 0.964. The first-order chi connectivity index (χ1) is 7.24. The first kappa shape index (κ1) is 9.85. The highest BCUT2D eigenvalue weighted by Gasteiger charge is 2.14. The van der Waals surface area contributed by atoms with Gasteiger partial charge in [0.2, 0.25) is 0 Å². The third-order valence-corrected chi connectivity index (χ3v) is 1.92. The van der Waals surface area contributed by atoms with Crippen molar-refractivity contribution in [3.8, 4) is 5.75 Å². The molecule has 0 aliphatic heterocycles. The molecule has 6 heteroatoms. The van der Waals surface area contributed by atoms with Crippen LogP contribution in [0.25, 0.3) is 10.9 Å². The zero-order chi connectivity index (χ0) is 10.8. The molecule has 0 radical (unpaired) electrons. The van der Waals surface area contributed by atoms with Crippen LogP contribution in [0.2, 0.25) is 0 Å². The van der Waals surface area contributed by atoms with E-state index in [1.807, 2.05) is 0 Å². The van der Waals surface area contributed by atoms with Gasteiger partial charge in [0.15, 0.2) is 18.4 Å². The second-order valence-electron chi connectivity index (χ2n) is 2.88. The van der Waals surface area contributed by atoms with Crippen LogP contribution in [0.5, 0.6) is 5.75 Å². The Morgan fingerprint density at radius 2 is 2.27 bits per heavy atom. The second kappa shape index (κ2) is 3.82. The van der Waals surface area contributed by atoms with E-state index in [1.54, 1.807) is 0 Å². The zero-order valence-electron chi connectivity index (χ0n) is 7.88. The molecular weight excluding hydrogens is 206 g/mol. The maximum absolute atomic E-state index is 13.6. The number of benzene rings is 1. The van der Waals surface area contributed by atoms with Crippen LogP contribution < -0.4 is 4.74 Å². The van der Waals surface area contributed by atoms with Crippen molar-refractivity contribution in [1.29, 1.82) is 0 Å². The maximum Gasteiger partial charge on any atom is 0.190 e. The SMILES string of the molecule is COCOc1cc(F)c2cn[nH]c2c1F. The number of nitrogens with zero attached hydrogens (tertiary/aromatic N) is 1. The molecule has 2 aromatic rings. The van der Waals surface area contributed by atoms with Gasteiger partial charge in [-0.25, -0.2) is 8.78 Å². The highest BCUT2D eigenvalue weighted by Crippen LogP contribution is 2.27. The standard InChI is InChI=1S/C9H8F2N2O2/c1-14-4-15-7-2-6(10)5-3-12-13-9(5)8(7)11/h2-3H,4H2,1H3,(H,12,13). The van der Waals surface area contributed by atoms with E-state index >= 15 is 0 Å². The van der Waals surface area contributed by atoms with E-state index < -0.39 is 11.6 Å². The molecule has 0 atom stereocenters. The normalized spacial score (nSPS) is 10.9. The van der Waals surface area contributed by atoms with E-state index in [9.17, 15) is 8.78 Å². The number of methoxy groups -OCH3 is 1. The number of fused-ring (bicyclic) bond motifs is 1. The first-order valence-electron chi connectivity index (χ1n) is 4.17. The Bertz CT molecular complexity index is 484. The number of rotatable bonds is 3. The van der Waals surface area contributed by atoms with Crippen LogP contribution >= 0.6 is 0 Å². The average Bonchev–Trinajstić information content (AvgIpc) is 2.70. The van der Waals surface area contributed by atoms with Gasteiger partial charge in [-0.3, -0.25) is 5.10 Å². The van der Waals surface area contributed by atoms with Crippen LogP contribution in [-0.4, -0.2) is 24.1 Å². The Kier molecular flexibility index (Phi) is 2.51. The number of halogens is 2. The molecule has 80 valence electrons. The fourth-order valence-electron chi connectivity index (χ4n) is 1.24. The van der Waals surface area contributed by atoms with Crippen molar-refractivity contribution in [1.82, 2.24) is 10.2 Å². The molecule has 1 heterocycles. The molecule has 1 N–H and O–H groups in total. The lowest BCUT2D eigenvalue weighted by Gasteiger charge is -2.06. The molecule has 0 unspecified atom stereocenters. The van der Waals surface area contributed by atoms with Crippen LogP contribution in [0, 0.1) is 11.6 Å². The van der Waals surface area contributed by atoms with E-state index in [4.69, 9.17) is 4.74 Å². The third-order valence-electron chi connectivity index (χ3n) is 1.92. The van der Waals surface area contributed by atoms with Crippen LogP contribution in [0.15, 0.2) is 12.3 Å². The number of nitrogens with one attached hydrogen (secondary N) is 1. The largest absolute Gasteiger partial charge is 0.464 e. The highest BCUT2D eigenvalue weighted by atomic mass is 19.1. The van der Waals surface area contributed by atoms with Gasteiger partial charge in [0.1, 0.15) is 11.3 Å². The van der Waals surface area contributed by atoms with Crippen molar-refractivity contribution in [2.45, 2.75) is 0 Å². The lowest BCUT2D eigenvalue weighted by atomic mass is 10.2. The van der Waals surface area contributed by atoms with E-state index in [0.717, 1.165) is 6.07 Å². The van der Waals surface area contributed by atoms with Gasteiger partial charge in [0, 0.05) is 13.2 Å². The molecule has 2 rings (SSSR count). The second-order valence-corrected chi connectivity index (χ2v) is 2.88. The molecule has 0 saturated carbocycles. The Balaban J connectivity index is 2.51. The number of aromatic amines is 1. The highest BCUT2D eigenvalue weighted by molar-refractivity contribution is 5.80. The molecule has 0 amide bonds. The Labute approximate surface area is 83.8 Å². The summed E-state index contributed by atoms with van der Waals surface area (Å²) >= 11 is 0. The number of aromatic nitrogens is 2. The smallest absolute Gasteiger partial charge is 0.190 e. The maximum atomic E-state index is 13.6. The van der Waals surface area contributed by atoms with Gasteiger partial charge in [0.05, 0.1) is 11.6 Å². The van der Waals surface area contributed by atoms with Crippen molar-refractivity contribution in [3.05, 3.63) is 23.9 Å². The summed E-state index contributed by atoms with van der Waals surface area (Å²) in [4.78, 5) is 0. The minimum Gasteiger partial charge on any atom is -0.464 e. The topological polar surface area (TPSA) is 47.1 Å². The lowest BCUT2D eigenvalue weighted by molar-refractivity contribution is 0.0483. The van der Waals surface area contributed by atoms with E-state index in [0.29, 0.717) is 0 Å². The average molecular weight is 214 g/mol. The van der Waals surface area contributed by atoms with Crippen LogP contribution in [0.4, 0.5) is 8.78 Å². The summed E-state index contributed by atoms with van der Waals surface area (Å²) in [6.07, 6.45) is 1.22. The van der Waals surface area contributed by atoms with Gasteiger partial charge < -0.3 is 9.47 Å². The number of hydrogen-bond acceptors (Lipinski definition) is 3. The Hall–Kier alpha value is -1.69. The van der Waals surface area contributed by atoms with Gasteiger partial charge >= 0.3 is 0 Å². The number of hydrogen-bond donors (Lipinski definition) is 1. The minimum atomic E-state index is -0.680. The monoisotopic (exact) mass is 214 g/mol. The molecule has 0 bridgehead atoms. The third kappa shape index (κ3) is 1.63. The van der Waals surface area contributed by atoms with E-state index in [-0.39, 0.29) is 23.4 Å². The van der Waals surface area contributed by atoms with E-state index in [2.05, 4.69) is 14.9 Å². The first-order valence-corrected chi connectivity index (χ1v) is 4.17. The van der Waals surface area contributed by atoms with E-state index in [1.165, 1.54) is 13.3 Å². The summed E-state index contributed by atoms with van der Waals surface area (Å²) in [5, 5.41) is 6.01. The van der Waals surface area contributed by atoms with Gasteiger partial charge in [-0.2, -0.15) is 5.10 Å². The van der Waals surface area contributed by atoms with Crippen LogP contribution in [0.3, 0.4) is 0 Å². The fourth-order valence-corrected chi connectivity index (χ4v) is 1.24. The van der Waals surface area contributed by atoms with Crippen molar-refractivity contribution >= 4 is 10.9 Å². The van der Waals surface area contributed by atoms with Crippen molar-refractivity contribution < 1.29 is 18.3 Å². The predicted octanol–water partition coefficient (Wildman–Crippen LogP) is 1.82. The van der Waals surface area contributed by atoms with Crippen molar-refractivity contribution in [2.24, 2.45) is 0 Å². The van der Waals surface area contributed by atoms with Gasteiger partial charge in [-0.15, -0.1) is 0 Å². The molecule has 1 aromatic carbocycles. The molecule has 15 heavy (non-hydrogen) atoms. The van der Waals surface area contributed by atoms with Crippen LogP contribution in [0.1, 0.15) is 0 Å².